The van der Waals surface area contributed by atoms with Crippen LogP contribution in [0.3, 0.4) is 0 Å². The van der Waals surface area contributed by atoms with Gasteiger partial charge in [0.15, 0.2) is 5.96 Å². The Morgan fingerprint density at radius 2 is 1.84 bits per heavy atom. The van der Waals surface area contributed by atoms with Gasteiger partial charge < -0.3 is 15.4 Å². The molecule has 1 heterocycles. The molecule has 2 aromatic carbocycles. The summed E-state index contributed by atoms with van der Waals surface area (Å²) in [5.74, 6) is 0.524. The Morgan fingerprint density at radius 3 is 2.47 bits per heavy atom. The summed E-state index contributed by atoms with van der Waals surface area (Å²) >= 11 is 0. The molecule has 6 nitrogen and oxygen atoms in total. The first-order chi connectivity index (χ1) is 15.1. The van der Waals surface area contributed by atoms with Gasteiger partial charge in [0.25, 0.3) is 0 Å². The minimum Gasteiger partial charge on any atom is -0.462 e. The minimum atomic E-state index is -0.285. The lowest BCUT2D eigenvalue weighted by Crippen LogP contribution is -2.51. The van der Waals surface area contributed by atoms with Crippen LogP contribution in [-0.4, -0.2) is 49.1 Å². The second-order valence-electron chi connectivity index (χ2n) is 8.01. The quantitative estimate of drug-likeness (QED) is 0.234. The summed E-state index contributed by atoms with van der Waals surface area (Å²) in [4.78, 5) is 18.7. The summed E-state index contributed by atoms with van der Waals surface area (Å²) < 4.78 is 5.03. The van der Waals surface area contributed by atoms with Gasteiger partial charge in [0.2, 0.25) is 0 Å². The van der Waals surface area contributed by atoms with Gasteiger partial charge in [-0.05, 0) is 49.9 Å². The molecule has 0 saturated carbocycles. The van der Waals surface area contributed by atoms with Crippen molar-refractivity contribution in [2.24, 2.45) is 4.99 Å². The average molecular weight is 550 g/mol. The Hall–Kier alpha value is -2.13. The number of hydrogen-bond acceptors (Lipinski definition) is 4. The van der Waals surface area contributed by atoms with Crippen LogP contribution in [0.25, 0.3) is 0 Å². The van der Waals surface area contributed by atoms with Crippen molar-refractivity contribution >= 4 is 35.9 Å². The fourth-order valence-electron chi connectivity index (χ4n) is 3.95. The van der Waals surface area contributed by atoms with Crippen LogP contribution in [0.5, 0.6) is 0 Å². The van der Waals surface area contributed by atoms with Crippen LogP contribution in [-0.2, 0) is 17.8 Å². The second kappa shape index (κ2) is 13.4. The van der Waals surface area contributed by atoms with Gasteiger partial charge >= 0.3 is 5.97 Å². The third-order valence-electron chi connectivity index (χ3n) is 5.73. The highest BCUT2D eigenvalue weighted by Crippen LogP contribution is 2.20. The van der Waals surface area contributed by atoms with Crippen molar-refractivity contribution < 1.29 is 9.53 Å². The number of rotatable bonds is 7. The fourth-order valence-corrected chi connectivity index (χ4v) is 3.95. The number of carbonyl (C=O) groups excluding carboxylic acids is 1. The lowest BCUT2D eigenvalue weighted by molar-refractivity contribution is 0.0526. The van der Waals surface area contributed by atoms with Gasteiger partial charge in [-0.15, -0.1) is 24.0 Å². The minimum absolute atomic E-state index is 0. The van der Waals surface area contributed by atoms with Crippen LogP contribution in [0.1, 0.15) is 48.2 Å². The van der Waals surface area contributed by atoms with Crippen LogP contribution < -0.4 is 10.6 Å². The van der Waals surface area contributed by atoms with Crippen LogP contribution in [0, 0.1) is 0 Å². The summed E-state index contributed by atoms with van der Waals surface area (Å²) in [6.07, 6.45) is 2.17. The van der Waals surface area contributed by atoms with Crippen molar-refractivity contribution in [3.63, 3.8) is 0 Å². The molecule has 0 bridgehead atoms. The van der Waals surface area contributed by atoms with E-state index < -0.39 is 0 Å². The van der Waals surface area contributed by atoms with E-state index in [2.05, 4.69) is 57.8 Å². The lowest BCUT2D eigenvalue weighted by atomic mass is 9.97. The number of hydrogen-bond donors (Lipinski definition) is 2. The first kappa shape index (κ1) is 26.1. The molecule has 1 saturated heterocycles. The molecular formula is C25H35IN4O2. The van der Waals surface area contributed by atoms with Crippen molar-refractivity contribution in [3.8, 4) is 0 Å². The van der Waals surface area contributed by atoms with Crippen molar-refractivity contribution in [2.45, 2.75) is 51.9 Å². The third-order valence-corrected chi connectivity index (χ3v) is 5.73. The predicted octanol–water partition coefficient (Wildman–Crippen LogP) is 4.20. The highest BCUT2D eigenvalue weighted by atomic mass is 127. The van der Waals surface area contributed by atoms with E-state index in [-0.39, 0.29) is 29.9 Å². The van der Waals surface area contributed by atoms with Crippen LogP contribution in [0.2, 0.25) is 0 Å². The zero-order chi connectivity index (χ0) is 22.1. The monoisotopic (exact) mass is 550 g/mol. The second-order valence-corrected chi connectivity index (χ2v) is 8.01. The Kier molecular flexibility index (Phi) is 11.0. The van der Waals surface area contributed by atoms with Crippen LogP contribution in [0.4, 0.5) is 0 Å². The summed E-state index contributed by atoms with van der Waals surface area (Å²) in [7, 11) is 1.80. The first-order valence-electron chi connectivity index (χ1n) is 11.1. The third kappa shape index (κ3) is 7.78. The van der Waals surface area contributed by atoms with Crippen LogP contribution in [0.15, 0.2) is 59.6 Å². The highest BCUT2D eigenvalue weighted by molar-refractivity contribution is 14.0. The number of esters is 1. The summed E-state index contributed by atoms with van der Waals surface area (Å²) in [6.45, 7) is 7.21. The molecule has 1 aliphatic heterocycles. The molecule has 0 spiro atoms. The molecular weight excluding hydrogens is 515 g/mol. The van der Waals surface area contributed by atoms with Gasteiger partial charge in [-0.3, -0.25) is 9.89 Å². The van der Waals surface area contributed by atoms with Gasteiger partial charge in [-0.2, -0.15) is 0 Å². The van der Waals surface area contributed by atoms with Crippen molar-refractivity contribution in [3.05, 3.63) is 71.3 Å². The van der Waals surface area contributed by atoms with E-state index in [9.17, 15) is 4.79 Å². The maximum absolute atomic E-state index is 11.8. The predicted molar refractivity (Wildman–Crippen MR) is 140 cm³/mol. The van der Waals surface area contributed by atoms with E-state index >= 15 is 0 Å². The lowest BCUT2D eigenvalue weighted by Gasteiger charge is -2.38. The average Bonchev–Trinajstić information content (AvgIpc) is 2.79. The van der Waals surface area contributed by atoms with E-state index in [1.165, 1.54) is 5.56 Å². The number of likely N-dealkylation sites (tertiary alicyclic amines) is 1. The maximum Gasteiger partial charge on any atom is 0.338 e. The van der Waals surface area contributed by atoms with Gasteiger partial charge in [-0.25, -0.2) is 4.79 Å². The number of nitrogens with zero attached hydrogens (tertiary/aromatic N) is 2. The molecule has 0 amide bonds. The number of benzene rings is 2. The van der Waals surface area contributed by atoms with Crippen molar-refractivity contribution in [1.82, 2.24) is 15.5 Å². The van der Waals surface area contributed by atoms with E-state index in [4.69, 9.17) is 4.74 Å². The summed E-state index contributed by atoms with van der Waals surface area (Å²) in [5, 5.41) is 6.96. The molecule has 3 rings (SSSR count). The maximum atomic E-state index is 11.8. The smallest absolute Gasteiger partial charge is 0.338 e. The largest absolute Gasteiger partial charge is 0.462 e. The number of aliphatic imine (C=N–C) groups is 1. The Balaban J connectivity index is 0.00000363. The first-order valence-corrected chi connectivity index (χ1v) is 11.1. The van der Waals surface area contributed by atoms with Crippen molar-refractivity contribution in [1.29, 1.82) is 0 Å². The molecule has 7 heteroatoms. The normalized spacial score (nSPS) is 19.0. The SMILES string of the molecule is CCOC(=O)c1ccc(CNC(=NC)NC2CCN(Cc3ccccc3)C(C)C2)cc1.I. The number of carbonyl (C=O) groups is 1. The Bertz CT molecular complexity index is 858. The number of guanidine groups is 1. The Morgan fingerprint density at radius 1 is 1.12 bits per heavy atom. The number of ether oxygens (including phenoxy) is 1. The number of piperidine rings is 1. The van der Waals surface area contributed by atoms with Gasteiger partial charge in [0.1, 0.15) is 0 Å². The molecule has 0 radical (unpaired) electrons. The number of nitrogens with one attached hydrogen (secondary N) is 2. The topological polar surface area (TPSA) is 66.0 Å². The van der Waals surface area contributed by atoms with E-state index in [1.54, 1.807) is 19.2 Å². The standard InChI is InChI=1S/C25H34N4O2.HI/c1-4-31-24(30)22-12-10-20(11-13-22)17-27-25(26-3)28-23-14-15-29(19(2)16-23)18-21-8-6-5-7-9-21;/h5-13,19,23H,4,14-18H2,1-3H3,(H2,26,27,28);1H. The summed E-state index contributed by atoms with van der Waals surface area (Å²) in [5.41, 5.74) is 3.03. The molecule has 0 aromatic heterocycles. The summed E-state index contributed by atoms with van der Waals surface area (Å²) in [6, 6.07) is 19.1. The molecule has 2 N–H and O–H groups in total. The van der Waals surface area contributed by atoms with E-state index in [0.29, 0.717) is 30.8 Å². The van der Waals surface area contributed by atoms with Gasteiger partial charge in [0, 0.05) is 38.8 Å². The molecule has 1 fully saturated rings. The molecule has 2 aromatic rings. The van der Waals surface area contributed by atoms with Gasteiger partial charge in [0.05, 0.1) is 12.2 Å². The van der Waals surface area contributed by atoms with E-state index in [0.717, 1.165) is 37.5 Å². The van der Waals surface area contributed by atoms with Crippen molar-refractivity contribution in [2.75, 3.05) is 20.2 Å². The fraction of sp³-hybridized carbons (Fsp3) is 0.440. The molecule has 2 unspecified atom stereocenters. The molecule has 2 atom stereocenters. The molecule has 32 heavy (non-hydrogen) atoms. The molecule has 174 valence electrons. The van der Waals surface area contributed by atoms with Crippen LogP contribution >= 0.6 is 24.0 Å². The zero-order valence-electron chi connectivity index (χ0n) is 19.2. The molecule has 1 aliphatic rings. The Labute approximate surface area is 208 Å². The molecule has 0 aliphatic carbocycles. The van der Waals surface area contributed by atoms with Gasteiger partial charge in [-0.1, -0.05) is 42.5 Å². The zero-order valence-corrected chi connectivity index (χ0v) is 21.5. The number of halogens is 1. The highest BCUT2D eigenvalue weighted by Gasteiger charge is 2.25. The van der Waals surface area contributed by atoms with E-state index in [1.807, 2.05) is 19.1 Å².